The zero-order valence-corrected chi connectivity index (χ0v) is 8.80. The van der Waals surface area contributed by atoms with Crippen molar-refractivity contribution in [3.8, 4) is 0 Å². The zero-order valence-electron chi connectivity index (χ0n) is 8.80. The summed E-state index contributed by atoms with van der Waals surface area (Å²) in [6.45, 7) is 0. The smallest absolute Gasteiger partial charge is 0.231 e. The Bertz CT molecular complexity index is 488. The second-order valence-electron chi connectivity index (χ2n) is 1.97. The first-order chi connectivity index (χ1) is 8.71. The van der Waals surface area contributed by atoms with Crippen molar-refractivity contribution in [2.24, 2.45) is 0 Å². The molecule has 0 radical (unpaired) electrons. The number of nitrogens with zero attached hydrogens (tertiary/aromatic N) is 3. The normalized spacial score (nSPS) is 6.44. The van der Waals surface area contributed by atoms with Gasteiger partial charge < -0.3 is 4.98 Å². The van der Waals surface area contributed by atoms with Crippen molar-refractivity contribution in [2.45, 2.75) is 0 Å². The van der Waals surface area contributed by atoms with Crippen LogP contribution >= 0.6 is 0 Å². The lowest BCUT2D eigenvalue weighted by molar-refractivity contribution is 0.562. The maximum absolute atomic E-state index is 8.35. The van der Waals surface area contributed by atoms with E-state index in [4.69, 9.17) is 30.6 Å². The minimum absolute atomic E-state index is 0.713. The maximum Gasteiger partial charge on any atom is 0.231 e. The van der Waals surface area contributed by atoms with Gasteiger partial charge in [-0.25, -0.2) is 45.6 Å². The highest BCUT2D eigenvalue weighted by atomic mass is 16.1. The number of isocyanates is 3. The van der Waals surface area contributed by atoms with E-state index in [1.807, 2.05) is 0 Å². The van der Waals surface area contributed by atoms with Gasteiger partial charge in [-0.1, -0.05) is 0 Å². The molecule has 2 heterocycles. The molecular weight excluding hydrogens is 242 g/mol. The van der Waals surface area contributed by atoms with Crippen molar-refractivity contribution in [1.29, 1.82) is 16.2 Å². The third-order valence-electron chi connectivity index (χ3n) is 1.10. The van der Waals surface area contributed by atoms with Crippen molar-refractivity contribution in [2.75, 3.05) is 0 Å². The van der Waals surface area contributed by atoms with Crippen LogP contribution in [-0.2, 0) is 14.4 Å². The first-order valence-corrected chi connectivity index (χ1v) is 3.92. The van der Waals surface area contributed by atoms with Gasteiger partial charge in [-0.3, -0.25) is 0 Å². The van der Waals surface area contributed by atoms with Crippen molar-refractivity contribution in [3.63, 3.8) is 0 Å². The van der Waals surface area contributed by atoms with Gasteiger partial charge >= 0.3 is 0 Å². The average molecular weight is 249 g/mol. The van der Waals surface area contributed by atoms with Gasteiger partial charge in [0.25, 0.3) is 0 Å². The number of imidazole rings is 1. The summed E-state index contributed by atoms with van der Waals surface area (Å²) in [6, 6.07) is 0. The van der Waals surface area contributed by atoms with Gasteiger partial charge in [0.05, 0.1) is 12.5 Å². The molecule has 18 heavy (non-hydrogen) atoms. The Hall–Kier alpha value is -3.31. The van der Waals surface area contributed by atoms with Gasteiger partial charge in [0, 0.05) is 0 Å². The van der Waals surface area contributed by atoms with E-state index in [2.05, 4.69) is 19.9 Å². The number of hydrogen-bond donors (Lipinski definition) is 4. The first kappa shape index (κ1) is 17.1. The molecule has 0 aliphatic rings. The zero-order chi connectivity index (χ0) is 14.2. The number of aromatic nitrogens is 4. The molecule has 0 fully saturated rings. The Morgan fingerprint density at radius 1 is 1.00 bits per heavy atom. The summed E-state index contributed by atoms with van der Waals surface area (Å²) in [5.41, 5.74) is 1.59. The summed E-state index contributed by atoms with van der Waals surface area (Å²) in [7, 11) is 0. The lowest BCUT2D eigenvalue weighted by Crippen LogP contribution is -1.76. The second-order valence-corrected chi connectivity index (χ2v) is 1.97. The van der Waals surface area contributed by atoms with E-state index in [9.17, 15) is 0 Å². The summed E-state index contributed by atoms with van der Waals surface area (Å²) in [6.07, 6.45) is 7.01. The van der Waals surface area contributed by atoms with Crippen LogP contribution in [0.15, 0.2) is 18.9 Å². The minimum atomic E-state index is 0.713. The van der Waals surface area contributed by atoms with Gasteiger partial charge in [0.2, 0.25) is 18.2 Å². The third-order valence-corrected chi connectivity index (χ3v) is 1.10. The molecule has 0 saturated carbocycles. The quantitative estimate of drug-likeness (QED) is 0.378. The van der Waals surface area contributed by atoms with Crippen molar-refractivity contribution in [3.05, 3.63) is 18.9 Å². The molecule has 10 heteroatoms. The first-order valence-electron chi connectivity index (χ1n) is 3.92. The molecule has 0 aromatic carbocycles. The fourth-order valence-corrected chi connectivity index (χ4v) is 0.691. The largest absolute Gasteiger partial charge is 0.342 e. The molecule has 0 amide bonds. The van der Waals surface area contributed by atoms with E-state index in [1.165, 1.54) is 6.33 Å². The van der Waals surface area contributed by atoms with Crippen LogP contribution in [0, 0.1) is 16.2 Å². The highest BCUT2D eigenvalue weighted by molar-refractivity contribution is 5.67. The van der Waals surface area contributed by atoms with Crippen molar-refractivity contribution >= 4 is 29.4 Å². The summed E-state index contributed by atoms with van der Waals surface area (Å²) in [5.74, 6) is 0. The van der Waals surface area contributed by atoms with Crippen LogP contribution in [0.1, 0.15) is 0 Å². The lowest BCUT2D eigenvalue weighted by Gasteiger charge is -1.80. The maximum atomic E-state index is 8.35. The van der Waals surface area contributed by atoms with Crippen LogP contribution < -0.4 is 0 Å². The van der Waals surface area contributed by atoms with Crippen LogP contribution in [0.3, 0.4) is 0 Å². The van der Waals surface area contributed by atoms with Gasteiger partial charge in [-0.15, -0.1) is 0 Å². The summed E-state index contributed by atoms with van der Waals surface area (Å²) < 4.78 is 0. The van der Waals surface area contributed by atoms with Crippen molar-refractivity contribution < 1.29 is 14.4 Å². The predicted octanol–water partition coefficient (Wildman–Crippen LogP) is 0.0558. The third kappa shape index (κ3) is 9.25. The molecule has 4 N–H and O–H groups in total. The van der Waals surface area contributed by atoms with Gasteiger partial charge in [-0.05, 0) is 0 Å². The Balaban J connectivity index is 0. The standard InChI is InChI=1S/C5H4N4.3CHNO/c1-4-5(8-2-6-1)9-3-7-4;3*2-1-3/h1-3H,(H,6,7,8,9);3*2H. The molecule has 0 aliphatic carbocycles. The number of aromatic amines is 1. The highest BCUT2D eigenvalue weighted by Crippen LogP contribution is 1.99. The fourth-order valence-electron chi connectivity index (χ4n) is 0.691. The molecule has 2 rings (SSSR count). The average Bonchev–Trinajstić information content (AvgIpc) is 2.80. The van der Waals surface area contributed by atoms with Gasteiger partial charge in [-0.2, -0.15) is 0 Å². The van der Waals surface area contributed by atoms with Crippen LogP contribution in [0.2, 0.25) is 0 Å². The summed E-state index contributed by atoms with van der Waals surface area (Å²) in [5, 5.41) is 16.2. The van der Waals surface area contributed by atoms with Crippen LogP contribution in [-0.4, -0.2) is 38.2 Å². The van der Waals surface area contributed by atoms with E-state index >= 15 is 0 Å². The second kappa shape index (κ2) is 13.7. The Morgan fingerprint density at radius 3 is 1.94 bits per heavy atom. The lowest BCUT2D eigenvalue weighted by atomic mass is 10.6. The molecule has 0 unspecified atom stereocenters. The SMILES string of the molecule is N=C=O.N=C=O.N=C=O.c1ncc2[nH]cnc2n1. The molecule has 0 atom stereocenters. The predicted molar refractivity (Wildman–Crippen MR) is 56.9 cm³/mol. The van der Waals surface area contributed by atoms with Crippen LogP contribution in [0.25, 0.3) is 11.2 Å². The number of fused-ring (bicyclic) bond motifs is 1. The van der Waals surface area contributed by atoms with E-state index in [0.717, 1.165) is 23.8 Å². The molecule has 0 spiro atoms. The molecule has 2 aromatic heterocycles. The van der Waals surface area contributed by atoms with E-state index in [-0.39, 0.29) is 0 Å². The van der Waals surface area contributed by atoms with E-state index in [1.54, 1.807) is 12.5 Å². The van der Waals surface area contributed by atoms with Crippen LogP contribution in [0.4, 0.5) is 0 Å². The van der Waals surface area contributed by atoms with Crippen molar-refractivity contribution in [1.82, 2.24) is 19.9 Å². The molecule has 0 bridgehead atoms. The fraction of sp³-hybridized carbons (Fsp3) is 0. The van der Waals surface area contributed by atoms with E-state index in [0.29, 0.717) is 5.65 Å². The Labute approximate surface area is 99.6 Å². The Morgan fingerprint density at radius 2 is 1.50 bits per heavy atom. The van der Waals surface area contributed by atoms with Crippen LogP contribution in [0.5, 0.6) is 0 Å². The summed E-state index contributed by atoms with van der Waals surface area (Å²) in [4.78, 5) is 39.5. The number of nitrogens with one attached hydrogen (secondary N) is 4. The van der Waals surface area contributed by atoms with Gasteiger partial charge in [0.1, 0.15) is 11.8 Å². The molecule has 92 valence electrons. The molecular formula is C8H7N7O3. The minimum Gasteiger partial charge on any atom is -0.342 e. The molecule has 0 aliphatic heterocycles. The molecule has 2 aromatic rings. The number of H-pyrrole nitrogens is 1. The number of rotatable bonds is 0. The van der Waals surface area contributed by atoms with Gasteiger partial charge in [0.15, 0.2) is 5.65 Å². The topological polar surface area (TPSA) is 177 Å². The number of carbonyl (C=O) groups excluding carboxylic acids is 3. The van der Waals surface area contributed by atoms with E-state index < -0.39 is 0 Å². The highest BCUT2D eigenvalue weighted by Gasteiger charge is 1.91. The molecule has 10 nitrogen and oxygen atoms in total. The molecule has 0 saturated heterocycles. The Kier molecular flexibility index (Phi) is 13.0. The summed E-state index contributed by atoms with van der Waals surface area (Å²) >= 11 is 0. The number of hydrogen-bond acceptors (Lipinski definition) is 9. The monoisotopic (exact) mass is 249 g/mol.